The number of hydrogen-bond donors (Lipinski definition) is 1. The highest BCUT2D eigenvalue weighted by Crippen LogP contribution is 2.26. The number of aromatic carboxylic acids is 1. The molecule has 0 saturated carbocycles. The number of aromatic nitrogens is 3. The van der Waals surface area contributed by atoms with E-state index in [-0.39, 0.29) is 16.9 Å². The number of carbonyl (C=O) groups is 1. The largest absolute Gasteiger partial charge is 0.477 e. The van der Waals surface area contributed by atoms with Crippen LogP contribution < -0.4 is 0 Å². The monoisotopic (exact) mass is 303 g/mol. The van der Waals surface area contributed by atoms with E-state index in [0.29, 0.717) is 5.56 Å². The number of nitrogens with zero attached hydrogens (tertiary/aromatic N) is 3. The first-order valence-corrected chi connectivity index (χ1v) is 6.44. The van der Waals surface area contributed by atoms with Gasteiger partial charge in [0.05, 0.1) is 11.9 Å². The Hall–Kier alpha value is -2.83. The Morgan fingerprint density at radius 3 is 2.55 bits per heavy atom. The van der Waals surface area contributed by atoms with E-state index in [2.05, 4.69) is 10.1 Å². The van der Waals surface area contributed by atoms with Gasteiger partial charge in [0.2, 0.25) is 0 Å². The molecule has 0 amide bonds. The third-order valence-electron chi connectivity index (χ3n) is 3.30. The Labute approximate surface area is 123 Å². The molecule has 0 bridgehead atoms. The van der Waals surface area contributed by atoms with Gasteiger partial charge in [-0.25, -0.2) is 23.1 Å². The Morgan fingerprint density at radius 2 is 1.95 bits per heavy atom. The first-order chi connectivity index (χ1) is 10.5. The number of fused-ring (bicyclic) bond motifs is 1. The molecule has 0 aliphatic heterocycles. The van der Waals surface area contributed by atoms with E-state index >= 15 is 0 Å². The number of carboxylic acids is 1. The molecule has 1 aromatic carbocycles. The van der Waals surface area contributed by atoms with Crippen molar-refractivity contribution in [2.75, 3.05) is 0 Å². The number of halogens is 2. The predicted octanol–water partition coefficient (Wildman–Crippen LogP) is 3.34. The van der Waals surface area contributed by atoms with Gasteiger partial charge in [0, 0.05) is 5.56 Å². The van der Waals surface area contributed by atoms with Gasteiger partial charge in [0.25, 0.3) is 6.43 Å². The van der Waals surface area contributed by atoms with Crippen molar-refractivity contribution in [1.29, 1.82) is 0 Å². The standard InChI is InChI=1S/C15H11F2N3O2/c1-8-2-4-9(5-3-8)11-6-12(13(16)17)20-14(19-11)10(7-18-20)15(21)22/h2-7,13H,1H3,(H,21,22). The number of hydrogen-bond acceptors (Lipinski definition) is 3. The van der Waals surface area contributed by atoms with Crippen LogP contribution in [0.15, 0.2) is 36.5 Å². The summed E-state index contributed by atoms with van der Waals surface area (Å²) in [5.74, 6) is -1.26. The first kappa shape index (κ1) is 14.1. The topological polar surface area (TPSA) is 67.5 Å². The van der Waals surface area contributed by atoms with Gasteiger partial charge in [0.1, 0.15) is 11.3 Å². The van der Waals surface area contributed by atoms with E-state index in [1.807, 2.05) is 19.1 Å². The molecule has 3 rings (SSSR count). The Balaban J connectivity index is 2.29. The lowest BCUT2D eigenvalue weighted by molar-refractivity contribution is 0.0698. The molecular formula is C15H11F2N3O2. The molecule has 0 unspecified atom stereocenters. The van der Waals surface area contributed by atoms with Gasteiger partial charge in [-0.3, -0.25) is 0 Å². The zero-order valence-corrected chi connectivity index (χ0v) is 11.5. The summed E-state index contributed by atoms with van der Waals surface area (Å²) in [5, 5.41) is 12.8. The van der Waals surface area contributed by atoms with Crippen molar-refractivity contribution in [3.05, 3.63) is 53.3 Å². The number of carboxylic acid groups (broad SMARTS) is 1. The first-order valence-electron chi connectivity index (χ1n) is 6.44. The summed E-state index contributed by atoms with van der Waals surface area (Å²) in [6.07, 6.45) is -1.77. The van der Waals surface area contributed by atoms with Crippen LogP contribution in [0.3, 0.4) is 0 Å². The minimum Gasteiger partial charge on any atom is -0.477 e. The van der Waals surface area contributed by atoms with Crippen molar-refractivity contribution in [3.8, 4) is 11.3 Å². The molecule has 0 fully saturated rings. The second-order valence-corrected chi connectivity index (χ2v) is 4.83. The van der Waals surface area contributed by atoms with E-state index in [0.717, 1.165) is 16.3 Å². The molecule has 0 aliphatic carbocycles. The van der Waals surface area contributed by atoms with E-state index < -0.39 is 18.1 Å². The molecule has 5 nitrogen and oxygen atoms in total. The van der Waals surface area contributed by atoms with Crippen LogP contribution in [-0.4, -0.2) is 25.7 Å². The third-order valence-corrected chi connectivity index (χ3v) is 3.30. The second kappa shape index (κ2) is 5.18. The molecule has 2 heterocycles. The van der Waals surface area contributed by atoms with Gasteiger partial charge < -0.3 is 5.11 Å². The fraction of sp³-hybridized carbons (Fsp3) is 0.133. The van der Waals surface area contributed by atoms with Crippen molar-refractivity contribution in [3.63, 3.8) is 0 Å². The molecule has 0 atom stereocenters. The molecule has 2 aromatic heterocycles. The Bertz CT molecular complexity index is 857. The van der Waals surface area contributed by atoms with Crippen LogP contribution in [0.1, 0.15) is 28.0 Å². The van der Waals surface area contributed by atoms with Crippen LogP contribution in [0.25, 0.3) is 16.9 Å². The zero-order chi connectivity index (χ0) is 15.9. The number of alkyl halides is 2. The number of benzene rings is 1. The summed E-state index contributed by atoms with van der Waals surface area (Å²) in [6, 6.07) is 8.39. The van der Waals surface area contributed by atoms with Crippen LogP contribution in [0.2, 0.25) is 0 Å². The number of rotatable bonds is 3. The van der Waals surface area contributed by atoms with Crippen molar-refractivity contribution in [2.24, 2.45) is 0 Å². The average molecular weight is 303 g/mol. The fourth-order valence-corrected chi connectivity index (χ4v) is 2.16. The fourth-order valence-electron chi connectivity index (χ4n) is 2.16. The van der Waals surface area contributed by atoms with Gasteiger partial charge in [-0.1, -0.05) is 29.8 Å². The molecule has 112 valence electrons. The summed E-state index contributed by atoms with van der Waals surface area (Å²) >= 11 is 0. The quantitative estimate of drug-likeness (QED) is 0.805. The summed E-state index contributed by atoms with van der Waals surface area (Å²) in [7, 11) is 0. The van der Waals surface area contributed by atoms with Gasteiger partial charge in [0.15, 0.2) is 5.65 Å². The molecule has 1 N–H and O–H groups in total. The lowest BCUT2D eigenvalue weighted by atomic mass is 10.1. The van der Waals surface area contributed by atoms with Gasteiger partial charge >= 0.3 is 5.97 Å². The molecule has 3 aromatic rings. The van der Waals surface area contributed by atoms with Crippen LogP contribution >= 0.6 is 0 Å². The minimum absolute atomic E-state index is 0.0964. The van der Waals surface area contributed by atoms with Crippen LogP contribution in [-0.2, 0) is 0 Å². The van der Waals surface area contributed by atoms with Gasteiger partial charge in [-0.15, -0.1) is 0 Å². The summed E-state index contributed by atoms with van der Waals surface area (Å²) in [4.78, 5) is 15.4. The maximum atomic E-state index is 13.2. The maximum absolute atomic E-state index is 13.2. The lowest BCUT2D eigenvalue weighted by Crippen LogP contribution is -2.04. The van der Waals surface area contributed by atoms with Gasteiger partial charge in [-0.05, 0) is 13.0 Å². The smallest absolute Gasteiger partial charge is 0.341 e. The molecule has 0 radical (unpaired) electrons. The average Bonchev–Trinajstić information content (AvgIpc) is 2.90. The van der Waals surface area contributed by atoms with Crippen molar-refractivity contribution in [2.45, 2.75) is 13.3 Å². The normalized spacial score (nSPS) is 11.3. The summed E-state index contributed by atoms with van der Waals surface area (Å²) in [5.41, 5.74) is 1.23. The molecular weight excluding hydrogens is 292 g/mol. The van der Waals surface area contributed by atoms with Gasteiger partial charge in [-0.2, -0.15) is 5.10 Å². The molecule has 7 heteroatoms. The third kappa shape index (κ3) is 2.30. The zero-order valence-electron chi connectivity index (χ0n) is 11.5. The summed E-state index contributed by atoms with van der Waals surface area (Å²) in [6.45, 7) is 1.91. The van der Waals surface area contributed by atoms with E-state index in [1.165, 1.54) is 6.07 Å². The van der Waals surface area contributed by atoms with Crippen molar-refractivity contribution < 1.29 is 18.7 Å². The highest BCUT2D eigenvalue weighted by atomic mass is 19.3. The maximum Gasteiger partial charge on any atom is 0.341 e. The van der Waals surface area contributed by atoms with Crippen molar-refractivity contribution in [1.82, 2.24) is 14.6 Å². The number of aryl methyl sites for hydroxylation is 1. The highest BCUT2D eigenvalue weighted by molar-refractivity contribution is 5.94. The van der Waals surface area contributed by atoms with Crippen LogP contribution in [0, 0.1) is 6.92 Å². The summed E-state index contributed by atoms with van der Waals surface area (Å²) < 4.78 is 27.3. The SMILES string of the molecule is Cc1ccc(-c2cc(C(F)F)n3ncc(C(=O)O)c3n2)cc1. The molecule has 22 heavy (non-hydrogen) atoms. The minimum atomic E-state index is -2.80. The van der Waals surface area contributed by atoms with E-state index in [4.69, 9.17) is 5.11 Å². The lowest BCUT2D eigenvalue weighted by Gasteiger charge is -2.08. The molecule has 0 spiro atoms. The van der Waals surface area contributed by atoms with Crippen LogP contribution in [0.5, 0.6) is 0 Å². The van der Waals surface area contributed by atoms with Crippen LogP contribution in [0.4, 0.5) is 8.78 Å². The predicted molar refractivity (Wildman–Crippen MR) is 75.1 cm³/mol. The Kier molecular flexibility index (Phi) is 3.32. The van der Waals surface area contributed by atoms with Crippen molar-refractivity contribution >= 4 is 11.6 Å². The second-order valence-electron chi connectivity index (χ2n) is 4.83. The van der Waals surface area contributed by atoms with E-state index in [9.17, 15) is 13.6 Å². The Morgan fingerprint density at radius 1 is 1.27 bits per heavy atom. The van der Waals surface area contributed by atoms with E-state index in [1.54, 1.807) is 12.1 Å². The molecule has 0 aliphatic rings. The highest BCUT2D eigenvalue weighted by Gasteiger charge is 2.21. The molecule has 0 saturated heterocycles.